The van der Waals surface area contributed by atoms with E-state index in [0.29, 0.717) is 18.9 Å². The summed E-state index contributed by atoms with van der Waals surface area (Å²) in [5.74, 6) is 2.20. The molecule has 0 saturated heterocycles. The minimum absolute atomic E-state index is 0.00980. The van der Waals surface area contributed by atoms with E-state index >= 15 is 0 Å². The van der Waals surface area contributed by atoms with Gasteiger partial charge in [0.1, 0.15) is 5.75 Å². The van der Waals surface area contributed by atoms with Crippen molar-refractivity contribution in [2.24, 2.45) is 7.05 Å². The lowest BCUT2D eigenvalue weighted by Crippen LogP contribution is -2.23. The zero-order valence-electron chi connectivity index (χ0n) is 12.2. The van der Waals surface area contributed by atoms with E-state index in [-0.39, 0.29) is 12.5 Å². The largest absolute Gasteiger partial charge is 0.493 e. The van der Waals surface area contributed by atoms with Crippen molar-refractivity contribution >= 4 is 0 Å². The number of imidazole rings is 1. The summed E-state index contributed by atoms with van der Waals surface area (Å²) in [6.45, 7) is 3.38. The first-order valence-corrected chi connectivity index (χ1v) is 6.90. The van der Waals surface area contributed by atoms with E-state index in [9.17, 15) is 4.79 Å². The molecule has 0 aliphatic carbocycles. The van der Waals surface area contributed by atoms with Gasteiger partial charge in [0.2, 0.25) is 6.79 Å². The van der Waals surface area contributed by atoms with E-state index in [0.717, 1.165) is 23.6 Å². The first-order valence-electron chi connectivity index (χ1n) is 6.90. The fourth-order valence-electron chi connectivity index (χ4n) is 2.40. The predicted octanol–water partition coefficient (Wildman–Crippen LogP) is 1.69. The number of benzene rings is 1. The Morgan fingerprint density at radius 1 is 1.29 bits per heavy atom. The molecule has 0 bridgehead atoms. The van der Waals surface area contributed by atoms with Crippen molar-refractivity contribution in [3.8, 4) is 17.2 Å². The molecule has 21 heavy (non-hydrogen) atoms. The van der Waals surface area contributed by atoms with Crippen molar-refractivity contribution in [2.75, 3.05) is 13.4 Å². The number of fused-ring (bicyclic) bond motifs is 1. The van der Waals surface area contributed by atoms with Crippen LogP contribution in [0.1, 0.15) is 12.1 Å². The number of aromatic nitrogens is 2. The standard InChI is InChI=1S/C15H18N2O4/c1-11-9-16(2)15(18)17(11)6-3-7-19-12-4-5-13-14(8-12)21-10-20-13/h4-5,8-9H,3,6-7,10H2,1-2H3. The van der Waals surface area contributed by atoms with E-state index in [1.54, 1.807) is 16.2 Å². The Morgan fingerprint density at radius 3 is 2.86 bits per heavy atom. The summed E-state index contributed by atoms with van der Waals surface area (Å²) >= 11 is 0. The fraction of sp³-hybridized carbons (Fsp3) is 0.400. The summed E-state index contributed by atoms with van der Waals surface area (Å²) in [4.78, 5) is 11.8. The Morgan fingerprint density at radius 2 is 2.10 bits per heavy atom. The summed E-state index contributed by atoms with van der Waals surface area (Å²) in [6, 6.07) is 5.51. The molecular formula is C15H18N2O4. The molecule has 1 aliphatic heterocycles. The first-order chi connectivity index (χ1) is 10.1. The summed E-state index contributed by atoms with van der Waals surface area (Å²) in [5, 5.41) is 0. The highest BCUT2D eigenvalue weighted by molar-refractivity contribution is 5.46. The van der Waals surface area contributed by atoms with Crippen molar-refractivity contribution in [3.05, 3.63) is 40.6 Å². The normalized spacial score (nSPS) is 12.7. The molecule has 0 fully saturated rings. The molecule has 1 aromatic heterocycles. The van der Waals surface area contributed by atoms with Crippen LogP contribution in [0.3, 0.4) is 0 Å². The minimum Gasteiger partial charge on any atom is -0.493 e. The van der Waals surface area contributed by atoms with Gasteiger partial charge in [0.25, 0.3) is 0 Å². The maximum atomic E-state index is 11.8. The molecule has 3 rings (SSSR count). The van der Waals surface area contributed by atoms with Crippen LogP contribution in [0.2, 0.25) is 0 Å². The lowest BCUT2D eigenvalue weighted by molar-refractivity contribution is 0.173. The lowest BCUT2D eigenvalue weighted by atomic mass is 10.3. The third-order valence-corrected chi connectivity index (χ3v) is 3.48. The summed E-state index contributed by atoms with van der Waals surface area (Å²) in [6.07, 6.45) is 2.60. The lowest BCUT2D eigenvalue weighted by Gasteiger charge is -2.08. The van der Waals surface area contributed by atoms with Gasteiger partial charge in [-0.05, 0) is 25.5 Å². The third kappa shape index (κ3) is 2.74. The van der Waals surface area contributed by atoms with Crippen LogP contribution >= 0.6 is 0 Å². The molecule has 2 heterocycles. The molecule has 1 aliphatic rings. The van der Waals surface area contributed by atoms with Crippen molar-refractivity contribution < 1.29 is 14.2 Å². The van der Waals surface area contributed by atoms with Crippen molar-refractivity contribution in [3.63, 3.8) is 0 Å². The van der Waals surface area contributed by atoms with Gasteiger partial charge in [0.15, 0.2) is 11.5 Å². The van der Waals surface area contributed by atoms with Gasteiger partial charge in [-0.25, -0.2) is 4.79 Å². The Bertz CT molecular complexity index is 702. The van der Waals surface area contributed by atoms with E-state index < -0.39 is 0 Å². The van der Waals surface area contributed by atoms with E-state index in [4.69, 9.17) is 14.2 Å². The highest BCUT2D eigenvalue weighted by atomic mass is 16.7. The Balaban J connectivity index is 1.53. The molecule has 0 radical (unpaired) electrons. The average molecular weight is 290 g/mol. The average Bonchev–Trinajstić information content (AvgIpc) is 3.02. The van der Waals surface area contributed by atoms with Crippen molar-refractivity contribution in [1.82, 2.24) is 9.13 Å². The predicted molar refractivity (Wildman–Crippen MR) is 77.1 cm³/mol. The Kier molecular flexibility index (Phi) is 3.60. The molecule has 0 saturated carbocycles. The van der Waals surface area contributed by atoms with Crippen molar-refractivity contribution in [1.29, 1.82) is 0 Å². The molecule has 1 aromatic carbocycles. The highest BCUT2D eigenvalue weighted by Gasteiger charge is 2.13. The fourth-order valence-corrected chi connectivity index (χ4v) is 2.40. The van der Waals surface area contributed by atoms with Gasteiger partial charge >= 0.3 is 5.69 Å². The number of nitrogens with zero attached hydrogens (tertiary/aromatic N) is 2. The van der Waals surface area contributed by atoms with Crippen LogP contribution in [-0.4, -0.2) is 22.5 Å². The van der Waals surface area contributed by atoms with Gasteiger partial charge in [0, 0.05) is 31.5 Å². The second kappa shape index (κ2) is 5.55. The first kappa shape index (κ1) is 13.6. The summed E-state index contributed by atoms with van der Waals surface area (Å²) in [7, 11) is 1.76. The zero-order valence-corrected chi connectivity index (χ0v) is 12.2. The summed E-state index contributed by atoms with van der Waals surface area (Å²) in [5.41, 5.74) is 0.973. The van der Waals surface area contributed by atoms with Gasteiger partial charge in [-0.15, -0.1) is 0 Å². The molecule has 0 spiro atoms. The molecular weight excluding hydrogens is 272 g/mol. The van der Waals surface area contributed by atoms with Gasteiger partial charge in [-0.2, -0.15) is 0 Å². The van der Waals surface area contributed by atoms with Gasteiger partial charge in [-0.3, -0.25) is 4.57 Å². The van der Waals surface area contributed by atoms with E-state index in [2.05, 4.69) is 0 Å². The van der Waals surface area contributed by atoms with Crippen molar-refractivity contribution in [2.45, 2.75) is 19.9 Å². The third-order valence-electron chi connectivity index (χ3n) is 3.48. The number of ether oxygens (including phenoxy) is 3. The molecule has 6 heteroatoms. The monoisotopic (exact) mass is 290 g/mol. The second-order valence-corrected chi connectivity index (χ2v) is 5.03. The maximum Gasteiger partial charge on any atom is 0.328 e. The van der Waals surface area contributed by atoms with Crippen LogP contribution in [0.25, 0.3) is 0 Å². The van der Waals surface area contributed by atoms with Crippen LogP contribution in [0.15, 0.2) is 29.2 Å². The number of aryl methyl sites for hydroxylation is 2. The van der Waals surface area contributed by atoms with E-state index in [1.165, 1.54) is 0 Å². The molecule has 0 N–H and O–H groups in total. The summed E-state index contributed by atoms with van der Waals surface area (Å²) < 4.78 is 19.6. The number of hydrogen-bond donors (Lipinski definition) is 0. The second-order valence-electron chi connectivity index (χ2n) is 5.03. The van der Waals surface area contributed by atoms with Gasteiger partial charge in [-0.1, -0.05) is 0 Å². The van der Waals surface area contributed by atoms with Crippen LogP contribution in [-0.2, 0) is 13.6 Å². The van der Waals surface area contributed by atoms with Crippen LogP contribution in [0, 0.1) is 6.92 Å². The maximum absolute atomic E-state index is 11.8. The highest BCUT2D eigenvalue weighted by Crippen LogP contribution is 2.35. The SMILES string of the molecule is Cc1cn(C)c(=O)n1CCCOc1ccc2c(c1)OCO2. The smallest absolute Gasteiger partial charge is 0.328 e. The van der Waals surface area contributed by atoms with Crippen LogP contribution in [0.4, 0.5) is 0 Å². The molecule has 2 aromatic rings. The van der Waals surface area contributed by atoms with Crippen LogP contribution in [0.5, 0.6) is 17.2 Å². The zero-order chi connectivity index (χ0) is 14.8. The topological polar surface area (TPSA) is 54.6 Å². The molecule has 0 atom stereocenters. The minimum atomic E-state index is 0.00980. The Hall–Kier alpha value is -2.37. The Labute approximate surface area is 122 Å². The number of rotatable bonds is 5. The molecule has 112 valence electrons. The number of hydrogen-bond acceptors (Lipinski definition) is 4. The molecule has 0 amide bonds. The quantitative estimate of drug-likeness (QED) is 0.786. The molecule has 0 unspecified atom stereocenters. The van der Waals surface area contributed by atoms with Crippen LogP contribution < -0.4 is 19.9 Å². The van der Waals surface area contributed by atoms with Gasteiger partial charge in [0.05, 0.1) is 6.61 Å². The van der Waals surface area contributed by atoms with Gasteiger partial charge < -0.3 is 18.8 Å². The molecule has 6 nitrogen and oxygen atoms in total. The van der Waals surface area contributed by atoms with E-state index in [1.807, 2.05) is 31.3 Å².